The van der Waals surface area contributed by atoms with Gasteiger partial charge in [-0.1, -0.05) is 6.92 Å². The quantitative estimate of drug-likeness (QED) is 0.357. The minimum atomic E-state index is 0.444. The van der Waals surface area contributed by atoms with Crippen LogP contribution in [-0.2, 0) is 0 Å². The maximum atomic E-state index is 2.50. The van der Waals surface area contributed by atoms with Crippen molar-refractivity contribution in [1.29, 1.82) is 0 Å². The third-order valence-corrected chi connectivity index (χ3v) is 1.84. The van der Waals surface area contributed by atoms with Crippen LogP contribution in [0, 0.1) is 0 Å². The maximum Gasteiger partial charge on any atom is 0.182 e. The largest absolute Gasteiger partial charge is 0.541 e. The molecule has 0 saturated carbocycles. The van der Waals surface area contributed by atoms with E-state index in [2.05, 4.69) is 12.2 Å². The number of rotatable bonds is 0. The van der Waals surface area contributed by atoms with Gasteiger partial charge in [0.1, 0.15) is 0 Å². The Hall–Kier alpha value is 0.0249. The summed E-state index contributed by atoms with van der Waals surface area (Å²) in [6, 6.07) is 0. The van der Waals surface area contributed by atoms with Gasteiger partial charge in [-0.15, -0.1) is 5.82 Å². The Labute approximate surface area is 39.4 Å². The summed E-state index contributed by atoms with van der Waals surface area (Å²) in [5.41, 5.74) is 0. The van der Waals surface area contributed by atoms with Gasteiger partial charge in [0.2, 0.25) is 0 Å². The van der Waals surface area contributed by atoms with E-state index in [1.165, 1.54) is 13.0 Å². The topological polar surface area (TPSA) is 16.6 Å². The van der Waals surface area contributed by atoms with Gasteiger partial charge in [0, 0.05) is 6.54 Å². The lowest BCUT2D eigenvalue weighted by atomic mass is 9.80. The molecule has 0 unspecified atom stereocenters. The van der Waals surface area contributed by atoms with Crippen molar-refractivity contribution in [2.45, 2.75) is 19.2 Å². The molecular formula is C4H12BN. The van der Waals surface area contributed by atoms with E-state index in [-0.39, 0.29) is 0 Å². The van der Waals surface area contributed by atoms with E-state index in [0.29, 0.717) is 7.41 Å². The van der Waals surface area contributed by atoms with E-state index in [1.54, 1.807) is 0 Å². The second-order valence-electron chi connectivity index (χ2n) is 2.71. The molecule has 2 heteroatoms. The average Bonchev–Trinajstić information content (AvgIpc) is 1.86. The highest BCUT2D eigenvalue weighted by molar-refractivity contribution is 6.26. The summed E-state index contributed by atoms with van der Waals surface area (Å²) in [5, 5.41) is 2.50. The third kappa shape index (κ3) is 0.746. The van der Waals surface area contributed by atoms with E-state index in [4.69, 9.17) is 0 Å². The van der Waals surface area contributed by atoms with Crippen LogP contribution < -0.4 is 5.23 Å². The molecule has 1 aliphatic heterocycles. The van der Waals surface area contributed by atoms with Gasteiger partial charge < -0.3 is 5.23 Å². The highest BCUT2D eigenvalue weighted by Crippen LogP contribution is 2.03. The van der Waals surface area contributed by atoms with Crippen molar-refractivity contribution >= 4 is 7.41 Å². The second-order valence-corrected chi connectivity index (χ2v) is 2.71. The lowest BCUT2D eigenvalue weighted by molar-refractivity contribution is -0.503. The number of hydrogen-bond acceptors (Lipinski definition) is 0. The summed E-state index contributed by atoms with van der Waals surface area (Å²) in [6.45, 7) is 3.78. The first-order valence-corrected chi connectivity index (χ1v) is 3.05. The highest BCUT2D eigenvalue weighted by Gasteiger charge is 2.05. The zero-order chi connectivity index (χ0) is 4.41. The molecule has 0 aromatic rings. The van der Waals surface area contributed by atoms with Crippen LogP contribution in [0.4, 0.5) is 0 Å². The molecule has 6 heavy (non-hydrogen) atoms. The minimum absolute atomic E-state index is 0.444. The number of quaternary nitrogens is 1. The molecule has 1 fully saturated rings. The molecule has 0 radical (unpaired) electrons. The molecule has 0 amide bonds. The maximum absolute atomic E-state index is 2.50. The number of hydrogen-bond donors (Lipinski definition) is 1. The van der Waals surface area contributed by atoms with Crippen LogP contribution in [0.25, 0.3) is 0 Å². The van der Waals surface area contributed by atoms with Crippen molar-refractivity contribution in [3.63, 3.8) is 0 Å². The lowest BCUT2D eigenvalue weighted by Gasteiger charge is -1.92. The first kappa shape index (κ1) is 4.19. The van der Waals surface area contributed by atoms with Crippen LogP contribution in [0.5, 0.6) is 0 Å². The van der Waals surface area contributed by atoms with E-state index in [0.717, 1.165) is 5.82 Å². The summed E-state index contributed by atoms with van der Waals surface area (Å²) in [4.78, 5) is 0. The van der Waals surface area contributed by atoms with E-state index in [1.807, 2.05) is 0 Å². The lowest BCUT2D eigenvalue weighted by Crippen LogP contribution is -2.83. The van der Waals surface area contributed by atoms with Gasteiger partial charge in [-0.3, -0.25) is 0 Å². The van der Waals surface area contributed by atoms with Crippen molar-refractivity contribution in [3.8, 4) is 0 Å². The monoisotopic (exact) mass is 85.1 g/mol. The average molecular weight is 85.0 g/mol. The second kappa shape index (κ2) is 1.65. The molecule has 2 N–H and O–H groups in total. The molecule has 1 saturated heterocycles. The van der Waals surface area contributed by atoms with Gasteiger partial charge in [0.15, 0.2) is 7.41 Å². The Kier molecular flexibility index (Phi) is 1.15. The fourth-order valence-electron chi connectivity index (χ4n) is 1.24. The van der Waals surface area contributed by atoms with Crippen LogP contribution in [0.3, 0.4) is 0 Å². The van der Waals surface area contributed by atoms with Gasteiger partial charge >= 0.3 is 0 Å². The Bertz CT molecular complexity index is 40.8. The van der Waals surface area contributed by atoms with Gasteiger partial charge in [-0.05, 0) is 6.42 Å². The first-order valence-electron chi connectivity index (χ1n) is 3.05. The Balaban J connectivity index is 2.18. The summed E-state index contributed by atoms with van der Waals surface area (Å²) >= 11 is 0. The van der Waals surface area contributed by atoms with Crippen molar-refractivity contribution in [3.05, 3.63) is 0 Å². The molecule has 0 aromatic carbocycles. The van der Waals surface area contributed by atoms with E-state index in [9.17, 15) is 0 Å². The molecule has 1 heterocycles. The van der Waals surface area contributed by atoms with E-state index < -0.39 is 0 Å². The summed E-state index contributed by atoms with van der Waals surface area (Å²) in [6.07, 6.45) is 1.49. The van der Waals surface area contributed by atoms with Crippen molar-refractivity contribution in [1.82, 2.24) is 0 Å². The van der Waals surface area contributed by atoms with Crippen molar-refractivity contribution in [2.24, 2.45) is 0 Å². The molecule has 1 aliphatic rings. The summed E-state index contributed by atoms with van der Waals surface area (Å²) < 4.78 is 0. The minimum Gasteiger partial charge on any atom is -0.541 e. The zero-order valence-electron chi connectivity index (χ0n) is 4.57. The Morgan fingerprint density at radius 3 is 2.83 bits per heavy atom. The molecule has 0 spiro atoms. The van der Waals surface area contributed by atoms with Crippen molar-refractivity contribution < 1.29 is 5.23 Å². The molecule has 0 bridgehead atoms. The zero-order valence-corrected chi connectivity index (χ0v) is 4.57. The normalized spacial score (nSPS) is 34.5. The Morgan fingerprint density at radius 2 is 2.67 bits per heavy atom. The number of nitrogens with two attached hydrogens (primary N) is 1. The molecule has 36 valence electrons. The van der Waals surface area contributed by atoms with Gasteiger partial charge in [0.05, 0.1) is 0 Å². The van der Waals surface area contributed by atoms with E-state index >= 15 is 0 Å². The molecule has 1 nitrogen and oxygen atoms in total. The fourth-order valence-corrected chi connectivity index (χ4v) is 1.24. The molecule has 1 rings (SSSR count). The molecule has 1 atom stereocenters. The van der Waals surface area contributed by atoms with Crippen LogP contribution in [0.2, 0.25) is 5.82 Å². The summed E-state index contributed by atoms with van der Waals surface area (Å²) in [7, 11) is 0.444. The van der Waals surface area contributed by atoms with Crippen LogP contribution in [0.15, 0.2) is 0 Å². The smallest absolute Gasteiger partial charge is 0.182 e. The molecule has 0 aromatic heterocycles. The predicted molar refractivity (Wildman–Crippen MR) is 29.4 cm³/mol. The van der Waals surface area contributed by atoms with Gasteiger partial charge in [-0.25, -0.2) is 0 Å². The SMILES string of the molecule is C[C@@H]1[BH2-][NH2+]CC1. The van der Waals surface area contributed by atoms with Crippen LogP contribution >= 0.6 is 0 Å². The third-order valence-electron chi connectivity index (χ3n) is 1.84. The molecular weight excluding hydrogens is 72.9 g/mol. The highest BCUT2D eigenvalue weighted by atomic mass is 14.8. The predicted octanol–water partition coefficient (Wildman–Crippen LogP) is -1.15. The molecule has 0 aliphatic carbocycles. The fraction of sp³-hybridized carbons (Fsp3) is 1.00. The van der Waals surface area contributed by atoms with Gasteiger partial charge in [0.25, 0.3) is 0 Å². The van der Waals surface area contributed by atoms with Crippen molar-refractivity contribution in [2.75, 3.05) is 6.54 Å². The summed E-state index contributed by atoms with van der Waals surface area (Å²) in [5.74, 6) is 1.12. The Morgan fingerprint density at radius 1 is 1.83 bits per heavy atom. The van der Waals surface area contributed by atoms with Crippen LogP contribution in [0.1, 0.15) is 13.3 Å². The van der Waals surface area contributed by atoms with Gasteiger partial charge in [-0.2, -0.15) is 0 Å². The van der Waals surface area contributed by atoms with Crippen LogP contribution in [-0.4, -0.2) is 14.0 Å². The standard InChI is InChI=1S/C4H12BN/c1-4-2-3-6-5-4/h4H,2-3,5-6H2,1H3/t4-/m0/s1. The first-order chi connectivity index (χ1) is 2.89.